The van der Waals surface area contributed by atoms with Gasteiger partial charge in [0.2, 0.25) is 15.5 Å². The van der Waals surface area contributed by atoms with Gasteiger partial charge in [0.05, 0.1) is 60.9 Å². The summed E-state index contributed by atoms with van der Waals surface area (Å²) < 4.78 is 32.0. The van der Waals surface area contributed by atoms with Crippen LogP contribution in [0.5, 0.6) is 0 Å². The first-order chi connectivity index (χ1) is 60.5. The number of thiazole rings is 3. The molecule has 1 saturated heterocycles. The molecule has 0 spiro atoms. The zero-order chi connectivity index (χ0) is 96.9. The van der Waals surface area contributed by atoms with Crippen molar-refractivity contribution in [1.82, 2.24) is 23.9 Å². The van der Waals surface area contributed by atoms with Crippen molar-refractivity contribution in [3.05, 3.63) is 287 Å². The molecule has 127 heavy (non-hydrogen) atoms. The minimum Gasteiger partial charge on any atom is -0.308 e. The molecule has 650 valence electrons. The summed E-state index contributed by atoms with van der Waals surface area (Å²) >= 11 is 10.2. The van der Waals surface area contributed by atoms with E-state index < -0.39 is 15.7 Å². The van der Waals surface area contributed by atoms with E-state index >= 15 is 0 Å². The molecule has 5 aliphatic rings. The third kappa shape index (κ3) is 24.4. The third-order valence-electron chi connectivity index (χ3n) is 17.7. The second-order valence-corrected chi connectivity index (χ2v) is 32.0. The molecule has 0 radical (unpaired) electrons. The van der Waals surface area contributed by atoms with E-state index in [1.54, 1.807) is 172 Å². The highest BCUT2D eigenvalue weighted by Gasteiger charge is 2.39. The van der Waals surface area contributed by atoms with Crippen molar-refractivity contribution in [3.8, 4) is 47.7 Å². The largest absolute Gasteiger partial charge is 0.308 e. The van der Waals surface area contributed by atoms with Crippen LogP contribution in [0.15, 0.2) is 191 Å². The van der Waals surface area contributed by atoms with Crippen molar-refractivity contribution in [2.75, 3.05) is 14.1 Å². The van der Waals surface area contributed by atoms with Crippen molar-refractivity contribution >= 4 is 164 Å². The molecule has 3 aromatic heterocycles. The predicted molar refractivity (Wildman–Crippen MR) is 509 cm³/mol. The van der Waals surface area contributed by atoms with Crippen LogP contribution in [0.25, 0.3) is 76.8 Å². The smallest absolute Gasteiger partial charge is 0.271 e. The van der Waals surface area contributed by atoms with E-state index in [0.717, 1.165) is 37.6 Å². The molecule has 7 aromatic rings. The zero-order valence-electron chi connectivity index (χ0n) is 74.9. The lowest BCUT2D eigenvalue weighted by Crippen LogP contribution is -2.39. The second kappa shape index (κ2) is 51.6. The summed E-state index contributed by atoms with van der Waals surface area (Å²) in [6, 6.07) is 41.3. The van der Waals surface area contributed by atoms with E-state index in [-0.39, 0.29) is 95.3 Å². The van der Waals surface area contributed by atoms with Crippen molar-refractivity contribution in [2.45, 2.75) is 143 Å². The number of carbonyl (C=O) groups is 7. The van der Waals surface area contributed by atoms with E-state index in [4.69, 9.17) is 63.5 Å². The van der Waals surface area contributed by atoms with Crippen molar-refractivity contribution < 1.29 is 42.0 Å². The predicted octanol–water partition coefficient (Wildman–Crippen LogP) is 15.4. The van der Waals surface area contributed by atoms with Gasteiger partial charge >= 0.3 is 0 Å². The molecule has 0 unspecified atom stereocenters. The van der Waals surface area contributed by atoms with E-state index in [0.29, 0.717) is 99.1 Å². The van der Waals surface area contributed by atoms with Gasteiger partial charge in [-0.2, -0.15) is 21.0 Å². The number of ketones is 4. The van der Waals surface area contributed by atoms with E-state index in [1.807, 2.05) is 138 Å². The molecule has 3 amide bonds. The average molecular weight is 1810 g/mol. The van der Waals surface area contributed by atoms with Gasteiger partial charge in [-0.1, -0.05) is 218 Å². The van der Waals surface area contributed by atoms with Crippen LogP contribution >= 0.6 is 58.0 Å². The van der Waals surface area contributed by atoms with Gasteiger partial charge in [-0.05, 0) is 111 Å². The number of sulfone groups is 1. The Morgan fingerprint density at radius 2 is 0.953 bits per heavy atom. The lowest BCUT2D eigenvalue weighted by molar-refractivity contribution is -0.138. The molecule has 0 bridgehead atoms. The lowest BCUT2D eigenvalue weighted by Gasteiger charge is -2.23. The fourth-order valence-electron chi connectivity index (χ4n) is 12.0. The Bertz CT molecular complexity index is 6910. The average Bonchev–Trinajstić information content (AvgIpc) is 1.58. The maximum Gasteiger partial charge on any atom is 0.271 e. The standard InChI is InChI=1S/C15H12N2OS.C15H10N2O.C15H11NO2.C14H10N2O2S.C10H10N2O2S3.C10H10N2O2.C9H7N3OS.4C2H6/c1-3-13-14(11-7-5-4-6-8-11)17-15(19-13)12(9-16)10(2)18;1-9(2)13-14(12(8-16)17-3)10-6-4-5-7-11(10)15(13)18;1-4-10-13(14(16-3)9(2)17)11-7-5-6-8-12(11)15(10)18;1-9(2)14-13(11(8-15)16-3)10-6-4-5-7-12(10)19(14,17)18;1-4-5-7(13)11(2)9(16-5)6-8(14)12(3)10(15)17-6;1-4-7-6(2)8(5-11)10(14)12(3)9(7)13;1-3-7-8(13)12(2)9(14-7)6(4-10)5-11;4*1-2/h3-8H,1-2H3;4-7H,1-2H3;4-8H,1-2H3;4-7H,1-2H3;4H,1-3H3;4H,1-3H3;3H,1-2H3;4*1-2H3/b13-3-,15-12-;14-12-;10-4-,14-13+;13-11-;5-4-,9-6+;7-4+;7-3-;;;;. The number of aromatic nitrogens is 3. The van der Waals surface area contributed by atoms with Crippen LogP contribution in [0.4, 0.5) is 0 Å². The number of Topliss-reactive ketones (excluding diaryl/α,β-unsaturated/α-hetero) is 4. The number of hydrogen-bond acceptors (Lipinski definition) is 23. The molecule has 0 N–H and O–H groups in total. The van der Waals surface area contributed by atoms with Gasteiger partial charge < -0.3 is 13.9 Å². The van der Waals surface area contributed by atoms with Crippen LogP contribution in [0.2, 0.25) is 0 Å². The normalized spacial score (nSPS) is 15.9. The Balaban J connectivity index is 0.000000496. The highest BCUT2D eigenvalue weighted by atomic mass is 32.2. The molecule has 0 saturated carbocycles. The molecule has 2 aliphatic carbocycles. The monoisotopic (exact) mass is 1810 g/mol. The number of thioether (sulfide) groups is 1. The Hall–Kier alpha value is -14.4. The number of fused-ring (bicyclic) bond motifs is 3. The van der Waals surface area contributed by atoms with Crippen LogP contribution < -0.4 is 38.7 Å². The van der Waals surface area contributed by atoms with E-state index in [1.165, 1.54) is 75.4 Å². The molecule has 3 aliphatic heterocycles. The number of benzene rings is 4. The number of hydrogen-bond donors (Lipinski definition) is 0. The van der Waals surface area contributed by atoms with Gasteiger partial charge in [0.1, 0.15) is 58.6 Å². The summed E-state index contributed by atoms with van der Waals surface area (Å²) in [5.74, 6) is -1.81. The lowest BCUT2D eigenvalue weighted by atomic mass is 9.96. The van der Waals surface area contributed by atoms with Crippen molar-refractivity contribution in [3.63, 3.8) is 0 Å². The van der Waals surface area contributed by atoms with Crippen LogP contribution in [0.1, 0.15) is 176 Å². The van der Waals surface area contributed by atoms with Gasteiger partial charge in [0, 0.05) is 78.3 Å². The minimum atomic E-state index is -3.63. The highest BCUT2D eigenvalue weighted by Crippen LogP contribution is 2.46. The van der Waals surface area contributed by atoms with Crippen molar-refractivity contribution in [1.29, 1.82) is 31.6 Å². The molecule has 1 fully saturated rings. The number of amides is 3. The highest BCUT2D eigenvalue weighted by molar-refractivity contribution is 8.30. The minimum absolute atomic E-state index is 0.0236. The maximum atomic E-state index is 12.5. The Labute approximate surface area is 761 Å². The Kier molecular flexibility index (Phi) is 44.2. The number of imide groups is 1. The molecule has 4 aromatic carbocycles. The molecule has 25 nitrogen and oxygen atoms in total. The maximum absolute atomic E-state index is 12.5. The summed E-state index contributed by atoms with van der Waals surface area (Å²) in [5.41, 5.74) is 8.83. The second-order valence-electron chi connectivity index (χ2n) is 25.4. The van der Waals surface area contributed by atoms with Crippen LogP contribution in [0.3, 0.4) is 0 Å². The van der Waals surface area contributed by atoms with Gasteiger partial charge in [0.25, 0.3) is 40.2 Å². The molecular formula is C96H94N14O11S6. The Morgan fingerprint density at radius 1 is 0.488 bits per heavy atom. The summed E-state index contributed by atoms with van der Waals surface area (Å²) in [5, 5.41) is 53.2. The summed E-state index contributed by atoms with van der Waals surface area (Å²) in [6.07, 6.45) is 8.63. The summed E-state index contributed by atoms with van der Waals surface area (Å²) in [6.45, 7) is 57.5. The SMILES string of the molecule is C/C=C1/C(=O)N(C)C(=O)C(C#N)=C1C.C/C=c1\s/c(=C(/C#N)C(C)=O)nc1-c1ccccc1.C/C=c1\s/c(=C2/SC(=S)N(C)C2=O)n(C)c1=O.C/C=c1\sc(=C(C#N)C#N)n(C)c1=O.CC.CC.CC.CC.[C-]#[N+]/C(C#N)=C1\C(=C(C)C)C(=O)c2ccccc21.[C-]#[N+]/C(C#N)=C1\C(=C(C)C)S(=O)(=O)c2ccccc21.[C-]#[N+]/C(C(C)=O)=C1\C(=C\C)C(=O)c2ccccc21. The number of nitriles is 6. The number of likely N-dealkylation sites (N-methyl/N-ethyl adjacent to an activating group) is 1. The number of carbonyl (C=O) groups excluding carboxylic acids is 7. The first-order valence-electron chi connectivity index (χ1n) is 39.1. The first kappa shape index (κ1) is 109. The fraction of sp³-hybridized carbons (Fsp3) is 0.250. The number of thiocarbonyl (C=S) groups is 1. The topological polar surface area (TPSA) is 373 Å². The number of nitrogens with zero attached hydrogens (tertiary/aromatic N) is 14. The molecule has 31 heteroatoms. The fourth-order valence-corrected chi connectivity index (χ4v) is 18.3. The summed E-state index contributed by atoms with van der Waals surface area (Å²) in [7, 11) is 2.60. The quantitative estimate of drug-likeness (QED) is 0.0521. The zero-order valence-corrected chi connectivity index (χ0v) is 79.8. The van der Waals surface area contributed by atoms with Crippen molar-refractivity contribution in [2.24, 2.45) is 14.1 Å². The molecular weight excluding hydrogens is 1720 g/mol. The van der Waals surface area contributed by atoms with Gasteiger partial charge in [-0.3, -0.25) is 48.2 Å². The first-order valence-corrected chi connectivity index (χ1v) is 44.3. The molecule has 12 rings (SSSR count). The van der Waals surface area contributed by atoms with E-state index in [2.05, 4.69) is 19.5 Å². The number of allylic oxidation sites excluding steroid dienone is 12. The van der Waals surface area contributed by atoms with Crippen LogP contribution in [-0.4, -0.2) is 91.6 Å². The van der Waals surface area contributed by atoms with Gasteiger partial charge in [0.15, 0.2) is 28.7 Å². The van der Waals surface area contributed by atoms with Gasteiger partial charge in [-0.25, -0.2) is 38.5 Å². The summed E-state index contributed by atoms with van der Waals surface area (Å²) in [4.78, 5) is 123. The number of rotatable bonds is 3. The van der Waals surface area contributed by atoms with Gasteiger partial charge in [-0.15, -0.1) is 34.0 Å². The molecule has 0 atom stereocenters. The Morgan fingerprint density at radius 3 is 1.36 bits per heavy atom. The van der Waals surface area contributed by atoms with E-state index in [9.17, 15) is 51.6 Å². The van der Waals surface area contributed by atoms with Crippen LogP contribution in [-0.2, 0) is 47.9 Å². The molecule has 6 heterocycles. The third-order valence-corrected chi connectivity index (χ3v) is 25.2. The van der Waals surface area contributed by atoms with Crippen LogP contribution in [0, 0.1) is 87.7 Å².